The number of nitrogens with one attached hydrogen (secondary N) is 1. The molecule has 0 bridgehead atoms. The predicted octanol–water partition coefficient (Wildman–Crippen LogP) is 1.26. The van der Waals surface area contributed by atoms with E-state index in [9.17, 15) is 14.9 Å². The molecule has 120 valence electrons. The van der Waals surface area contributed by atoms with Crippen molar-refractivity contribution in [3.05, 3.63) is 28.3 Å². The van der Waals surface area contributed by atoms with Gasteiger partial charge in [-0.25, -0.2) is 0 Å². The molecule has 0 aliphatic carbocycles. The first kappa shape index (κ1) is 16.2. The summed E-state index contributed by atoms with van der Waals surface area (Å²) in [5.41, 5.74) is 0.328. The van der Waals surface area contributed by atoms with Crippen molar-refractivity contribution < 1.29 is 19.2 Å². The molecule has 1 aromatic carbocycles. The maximum absolute atomic E-state index is 12.3. The number of rotatable bonds is 5. The van der Waals surface area contributed by atoms with Crippen molar-refractivity contribution in [2.75, 3.05) is 38.7 Å². The van der Waals surface area contributed by atoms with Crippen LogP contribution < -0.4 is 10.1 Å². The number of methoxy groups -OCH3 is 1. The second-order valence-electron chi connectivity index (χ2n) is 4.96. The molecule has 1 N–H and O–H groups in total. The fourth-order valence-electron chi connectivity index (χ4n) is 2.28. The number of nitro groups is 1. The number of anilines is 1. The third-order valence-electron chi connectivity index (χ3n) is 3.62. The van der Waals surface area contributed by atoms with Gasteiger partial charge in [0.05, 0.1) is 31.3 Å². The molecule has 1 saturated heterocycles. The van der Waals surface area contributed by atoms with Crippen molar-refractivity contribution >= 4 is 17.3 Å². The first-order valence-corrected chi connectivity index (χ1v) is 6.98. The molecule has 8 nitrogen and oxygen atoms in total. The first-order valence-electron chi connectivity index (χ1n) is 6.98. The highest BCUT2D eigenvalue weighted by atomic mass is 16.6. The third-order valence-corrected chi connectivity index (χ3v) is 3.62. The van der Waals surface area contributed by atoms with Crippen LogP contribution in [0.3, 0.4) is 0 Å². The Balaban J connectivity index is 2.06. The molecule has 22 heavy (non-hydrogen) atoms. The molecule has 1 aliphatic rings. The fraction of sp³-hybridized carbons (Fsp3) is 0.500. The standard InChI is InChI=1S/C14H19N3O5/c1-10(16-5-7-22-8-6-16)14(18)15-11-3-4-12(17(19)20)13(9-11)21-2/h3-4,9-10H,5-8H2,1-2H3,(H,15,18). The lowest BCUT2D eigenvalue weighted by Crippen LogP contribution is -2.47. The van der Waals surface area contributed by atoms with Gasteiger partial charge in [-0.3, -0.25) is 19.8 Å². The Morgan fingerprint density at radius 2 is 2.14 bits per heavy atom. The van der Waals surface area contributed by atoms with Crippen LogP contribution in [0.5, 0.6) is 5.75 Å². The summed E-state index contributed by atoms with van der Waals surface area (Å²) in [6.45, 7) is 4.46. The molecule has 0 radical (unpaired) electrons. The molecular formula is C14H19N3O5. The molecule has 0 spiro atoms. The van der Waals surface area contributed by atoms with Crippen LogP contribution in [0.25, 0.3) is 0 Å². The van der Waals surface area contributed by atoms with Crippen LogP contribution >= 0.6 is 0 Å². The maximum atomic E-state index is 12.3. The lowest BCUT2D eigenvalue weighted by atomic mass is 10.2. The van der Waals surface area contributed by atoms with Gasteiger partial charge in [0.2, 0.25) is 5.91 Å². The van der Waals surface area contributed by atoms with Crippen LogP contribution in [0, 0.1) is 10.1 Å². The predicted molar refractivity (Wildman–Crippen MR) is 80.1 cm³/mol. The molecule has 1 unspecified atom stereocenters. The Morgan fingerprint density at radius 3 is 2.73 bits per heavy atom. The highest BCUT2D eigenvalue weighted by Crippen LogP contribution is 2.29. The number of nitrogens with zero attached hydrogens (tertiary/aromatic N) is 2. The van der Waals surface area contributed by atoms with E-state index in [4.69, 9.17) is 9.47 Å². The second kappa shape index (κ2) is 7.19. The smallest absolute Gasteiger partial charge is 0.311 e. The van der Waals surface area contributed by atoms with E-state index in [1.807, 2.05) is 11.8 Å². The Bertz CT molecular complexity index is 557. The average molecular weight is 309 g/mol. The molecule has 2 rings (SSSR count). The van der Waals surface area contributed by atoms with Crippen molar-refractivity contribution in [3.8, 4) is 5.75 Å². The van der Waals surface area contributed by atoms with Gasteiger partial charge in [0.1, 0.15) is 0 Å². The molecule has 1 amide bonds. The fourth-order valence-corrected chi connectivity index (χ4v) is 2.28. The number of hydrogen-bond acceptors (Lipinski definition) is 6. The summed E-state index contributed by atoms with van der Waals surface area (Å²) >= 11 is 0. The van der Waals surface area contributed by atoms with Crippen LogP contribution in [0.15, 0.2) is 18.2 Å². The maximum Gasteiger partial charge on any atom is 0.311 e. The van der Waals surface area contributed by atoms with E-state index in [0.717, 1.165) is 0 Å². The van der Waals surface area contributed by atoms with E-state index in [-0.39, 0.29) is 23.4 Å². The number of ether oxygens (including phenoxy) is 2. The lowest BCUT2D eigenvalue weighted by molar-refractivity contribution is -0.385. The number of carbonyl (C=O) groups excluding carboxylic acids is 1. The Morgan fingerprint density at radius 1 is 1.45 bits per heavy atom. The number of amides is 1. The third kappa shape index (κ3) is 3.71. The molecule has 1 fully saturated rings. The average Bonchev–Trinajstić information content (AvgIpc) is 2.54. The van der Waals surface area contributed by atoms with Crippen LogP contribution in [0.1, 0.15) is 6.92 Å². The van der Waals surface area contributed by atoms with Crippen molar-refractivity contribution in [1.82, 2.24) is 4.90 Å². The molecular weight excluding hydrogens is 290 g/mol. The monoisotopic (exact) mass is 309 g/mol. The van der Waals surface area contributed by atoms with E-state index < -0.39 is 4.92 Å². The summed E-state index contributed by atoms with van der Waals surface area (Å²) in [4.78, 5) is 24.6. The van der Waals surface area contributed by atoms with Crippen LogP contribution in [-0.4, -0.2) is 55.2 Å². The molecule has 1 aliphatic heterocycles. The zero-order valence-corrected chi connectivity index (χ0v) is 12.6. The molecule has 0 aromatic heterocycles. The topological polar surface area (TPSA) is 93.9 Å². The van der Waals surface area contributed by atoms with Gasteiger partial charge < -0.3 is 14.8 Å². The minimum Gasteiger partial charge on any atom is -0.490 e. The van der Waals surface area contributed by atoms with Gasteiger partial charge in [0.15, 0.2) is 5.75 Å². The number of nitro benzene ring substituents is 1. The van der Waals surface area contributed by atoms with Crippen molar-refractivity contribution in [2.24, 2.45) is 0 Å². The van der Waals surface area contributed by atoms with E-state index in [2.05, 4.69) is 5.32 Å². The SMILES string of the molecule is COc1cc(NC(=O)C(C)N2CCOCC2)ccc1[N+](=O)[O-]. The van der Waals surface area contributed by atoms with E-state index in [1.165, 1.54) is 25.3 Å². The molecule has 8 heteroatoms. The largest absolute Gasteiger partial charge is 0.490 e. The molecule has 1 atom stereocenters. The molecule has 1 aromatic rings. The number of carbonyl (C=O) groups is 1. The van der Waals surface area contributed by atoms with Gasteiger partial charge in [-0.15, -0.1) is 0 Å². The van der Waals surface area contributed by atoms with Gasteiger partial charge in [-0.2, -0.15) is 0 Å². The van der Waals surface area contributed by atoms with E-state index in [1.54, 1.807) is 0 Å². The summed E-state index contributed by atoms with van der Waals surface area (Å²) in [6, 6.07) is 3.95. The van der Waals surface area contributed by atoms with Crippen molar-refractivity contribution in [2.45, 2.75) is 13.0 Å². The van der Waals surface area contributed by atoms with Crippen LogP contribution in [0.2, 0.25) is 0 Å². The summed E-state index contributed by atoms with van der Waals surface area (Å²) in [5, 5.41) is 13.6. The quantitative estimate of drug-likeness (QED) is 0.650. The first-order chi connectivity index (χ1) is 10.5. The van der Waals surface area contributed by atoms with Gasteiger partial charge in [0.25, 0.3) is 0 Å². The normalized spacial score (nSPS) is 16.8. The summed E-state index contributed by atoms with van der Waals surface area (Å²) in [5.74, 6) is -0.0559. The van der Waals surface area contributed by atoms with Crippen LogP contribution in [-0.2, 0) is 9.53 Å². The number of benzene rings is 1. The molecule has 0 saturated carbocycles. The number of morpholine rings is 1. The number of hydrogen-bond donors (Lipinski definition) is 1. The van der Waals surface area contributed by atoms with E-state index >= 15 is 0 Å². The summed E-state index contributed by atoms with van der Waals surface area (Å²) in [7, 11) is 1.35. The Kier molecular flexibility index (Phi) is 5.29. The zero-order valence-electron chi connectivity index (χ0n) is 12.6. The zero-order chi connectivity index (χ0) is 16.1. The highest BCUT2D eigenvalue weighted by Gasteiger charge is 2.24. The van der Waals surface area contributed by atoms with Gasteiger partial charge >= 0.3 is 5.69 Å². The van der Waals surface area contributed by atoms with Gasteiger partial charge in [0, 0.05) is 30.9 Å². The van der Waals surface area contributed by atoms with Crippen LogP contribution in [0.4, 0.5) is 11.4 Å². The summed E-state index contributed by atoms with van der Waals surface area (Å²) < 4.78 is 10.2. The van der Waals surface area contributed by atoms with Crippen molar-refractivity contribution in [3.63, 3.8) is 0 Å². The van der Waals surface area contributed by atoms with E-state index in [0.29, 0.717) is 32.0 Å². The van der Waals surface area contributed by atoms with Crippen molar-refractivity contribution in [1.29, 1.82) is 0 Å². The Hall–Kier alpha value is -2.19. The summed E-state index contributed by atoms with van der Waals surface area (Å²) in [6.07, 6.45) is 0. The minimum absolute atomic E-state index is 0.113. The highest BCUT2D eigenvalue weighted by molar-refractivity contribution is 5.94. The molecule has 1 heterocycles. The second-order valence-corrected chi connectivity index (χ2v) is 4.96. The Labute approximate surface area is 128 Å². The minimum atomic E-state index is -0.527. The lowest BCUT2D eigenvalue weighted by Gasteiger charge is -2.31. The van der Waals surface area contributed by atoms with Gasteiger partial charge in [-0.05, 0) is 13.0 Å². The van der Waals surface area contributed by atoms with Gasteiger partial charge in [-0.1, -0.05) is 0 Å².